The van der Waals surface area contributed by atoms with Gasteiger partial charge in [-0.2, -0.15) is 0 Å². The van der Waals surface area contributed by atoms with E-state index in [-0.39, 0.29) is 0 Å². The molecule has 3 heterocycles. The number of fused-ring (bicyclic) bond motifs is 2. The number of halogens is 1. The predicted octanol–water partition coefficient (Wildman–Crippen LogP) is 4.64. The molecule has 2 aromatic rings. The fraction of sp³-hybridized carbons (Fsp3) is 0.444. The lowest BCUT2D eigenvalue weighted by Gasteiger charge is -2.36. The molecule has 24 heavy (non-hydrogen) atoms. The first-order valence-corrected chi connectivity index (χ1v) is 9.57. The van der Waals surface area contributed by atoms with E-state index in [1.165, 1.54) is 25.7 Å². The number of ether oxygens (including phenoxy) is 1. The fourth-order valence-electron chi connectivity index (χ4n) is 3.74. The number of thioether (sulfide) groups is 1. The Kier molecular flexibility index (Phi) is 4.66. The van der Waals surface area contributed by atoms with E-state index in [0.717, 1.165) is 22.0 Å². The summed E-state index contributed by atoms with van der Waals surface area (Å²) in [5, 5.41) is 1.40. The summed E-state index contributed by atoms with van der Waals surface area (Å²) in [4.78, 5) is 11.8. The Bertz CT molecular complexity index is 701. The highest BCUT2D eigenvalue weighted by molar-refractivity contribution is 8.00. The van der Waals surface area contributed by atoms with Gasteiger partial charge in [-0.05, 0) is 44.9 Å². The maximum absolute atomic E-state index is 6.48. The van der Waals surface area contributed by atoms with Crippen LogP contribution in [0.1, 0.15) is 25.7 Å². The highest BCUT2D eigenvalue weighted by Crippen LogP contribution is 2.43. The molecule has 2 bridgehead atoms. The topological polar surface area (TPSA) is 38.2 Å². The van der Waals surface area contributed by atoms with Gasteiger partial charge in [-0.1, -0.05) is 11.6 Å². The second-order valence-corrected chi connectivity index (χ2v) is 8.25. The minimum atomic E-state index is 0.473. The third-order valence-electron chi connectivity index (χ3n) is 5.01. The van der Waals surface area contributed by atoms with Gasteiger partial charge in [0.05, 0.1) is 11.2 Å². The smallest absolute Gasteiger partial charge is 0.237 e. The zero-order valence-electron chi connectivity index (χ0n) is 13.6. The van der Waals surface area contributed by atoms with Gasteiger partial charge >= 0.3 is 0 Å². The third kappa shape index (κ3) is 3.39. The molecule has 1 aromatic heterocycles. The molecule has 6 heteroatoms. The van der Waals surface area contributed by atoms with Crippen LogP contribution in [0.15, 0.2) is 41.7 Å². The number of hydrogen-bond donors (Lipinski definition) is 0. The van der Waals surface area contributed by atoms with Gasteiger partial charge in [-0.15, -0.1) is 11.8 Å². The highest BCUT2D eigenvalue weighted by atomic mass is 35.5. The molecular weight excluding hydrogens is 342 g/mol. The molecule has 2 aliphatic heterocycles. The lowest BCUT2D eigenvalue weighted by atomic mass is 10.0. The summed E-state index contributed by atoms with van der Waals surface area (Å²) in [6.07, 6.45) is 10.0. The van der Waals surface area contributed by atoms with E-state index in [1.807, 2.05) is 23.9 Å². The van der Waals surface area contributed by atoms with E-state index in [1.54, 1.807) is 18.6 Å². The van der Waals surface area contributed by atoms with Crippen LogP contribution in [-0.2, 0) is 0 Å². The summed E-state index contributed by atoms with van der Waals surface area (Å²) in [6, 6.07) is 7.37. The van der Waals surface area contributed by atoms with Gasteiger partial charge < -0.3 is 9.64 Å². The van der Waals surface area contributed by atoms with Crippen LogP contribution >= 0.6 is 23.4 Å². The molecule has 0 aliphatic carbocycles. The molecule has 4 rings (SSSR count). The maximum atomic E-state index is 6.48. The molecule has 4 nitrogen and oxygen atoms in total. The molecule has 0 saturated carbocycles. The predicted molar refractivity (Wildman–Crippen MR) is 97.0 cm³/mol. The number of benzene rings is 1. The van der Waals surface area contributed by atoms with E-state index in [2.05, 4.69) is 28.0 Å². The molecule has 1 aromatic carbocycles. The van der Waals surface area contributed by atoms with Crippen molar-refractivity contribution in [1.82, 2.24) is 14.9 Å². The molecule has 0 radical (unpaired) electrons. The molecule has 2 saturated heterocycles. The number of aromatic nitrogens is 2. The number of rotatable bonds is 4. The molecule has 0 N–H and O–H groups in total. The molecule has 0 spiro atoms. The van der Waals surface area contributed by atoms with E-state index in [4.69, 9.17) is 16.3 Å². The van der Waals surface area contributed by atoms with E-state index in [0.29, 0.717) is 16.9 Å². The Morgan fingerprint density at radius 3 is 2.67 bits per heavy atom. The Labute approximate surface area is 151 Å². The molecule has 126 valence electrons. The van der Waals surface area contributed by atoms with Crippen molar-refractivity contribution in [1.29, 1.82) is 0 Å². The first-order valence-electron chi connectivity index (χ1n) is 8.31. The van der Waals surface area contributed by atoms with Crippen molar-refractivity contribution in [2.45, 2.75) is 47.9 Å². The van der Waals surface area contributed by atoms with E-state index >= 15 is 0 Å². The van der Waals surface area contributed by atoms with Gasteiger partial charge in [-0.3, -0.25) is 4.98 Å². The molecular formula is C18H20ClN3OS. The molecule has 2 fully saturated rings. The maximum Gasteiger partial charge on any atom is 0.237 e. The Morgan fingerprint density at radius 1 is 1.21 bits per heavy atom. The molecule has 3 atom stereocenters. The summed E-state index contributed by atoms with van der Waals surface area (Å²) >= 11 is 8.40. The van der Waals surface area contributed by atoms with Gasteiger partial charge in [0.1, 0.15) is 5.75 Å². The summed E-state index contributed by atoms with van der Waals surface area (Å²) < 4.78 is 5.69. The summed E-state index contributed by atoms with van der Waals surface area (Å²) in [7, 11) is 2.27. The highest BCUT2D eigenvalue weighted by Gasteiger charge is 2.38. The number of piperidine rings is 1. The largest absolute Gasteiger partial charge is 0.437 e. The Balaban J connectivity index is 1.43. The molecule has 1 unspecified atom stereocenters. The monoisotopic (exact) mass is 361 g/mol. The summed E-state index contributed by atoms with van der Waals surface area (Å²) in [5.74, 6) is 1.16. The standard InChI is InChI=1S/C18H20ClN3OS/c1-22-12-2-3-13(22)9-15(8-12)24-17-5-4-14(10-16(17)19)23-18-11-20-6-7-21-18/h4-7,10-13,15H,2-3,8-9H2,1H3/t12-,13+,15?. The lowest BCUT2D eigenvalue weighted by Crippen LogP contribution is -2.40. The van der Waals surface area contributed by atoms with E-state index in [9.17, 15) is 0 Å². The quantitative estimate of drug-likeness (QED) is 0.793. The average Bonchev–Trinajstić information content (AvgIpc) is 2.80. The summed E-state index contributed by atoms with van der Waals surface area (Å²) in [5.41, 5.74) is 0. The van der Waals surface area contributed by atoms with Crippen LogP contribution < -0.4 is 4.74 Å². The summed E-state index contributed by atoms with van der Waals surface area (Å²) in [6.45, 7) is 0. The van der Waals surface area contributed by atoms with Gasteiger partial charge in [0.25, 0.3) is 0 Å². The van der Waals surface area contributed by atoms with Crippen molar-refractivity contribution in [3.05, 3.63) is 41.8 Å². The third-order valence-corrected chi connectivity index (χ3v) is 6.77. The molecule has 2 aliphatic rings. The lowest BCUT2D eigenvalue weighted by molar-refractivity contribution is 0.183. The van der Waals surface area contributed by atoms with Crippen molar-refractivity contribution >= 4 is 23.4 Å². The van der Waals surface area contributed by atoms with Crippen molar-refractivity contribution in [3.8, 4) is 11.6 Å². The zero-order chi connectivity index (χ0) is 16.5. The van der Waals surface area contributed by atoms with Crippen LogP contribution in [0.4, 0.5) is 0 Å². The minimum absolute atomic E-state index is 0.473. The van der Waals surface area contributed by atoms with Crippen LogP contribution in [-0.4, -0.2) is 39.2 Å². The van der Waals surface area contributed by atoms with Crippen LogP contribution in [0.25, 0.3) is 0 Å². The first kappa shape index (κ1) is 16.2. The Hall–Kier alpha value is -1.30. The number of hydrogen-bond acceptors (Lipinski definition) is 5. The second kappa shape index (κ2) is 6.90. The minimum Gasteiger partial charge on any atom is -0.437 e. The van der Waals surface area contributed by atoms with Crippen molar-refractivity contribution in [3.63, 3.8) is 0 Å². The first-order chi connectivity index (χ1) is 11.7. The zero-order valence-corrected chi connectivity index (χ0v) is 15.1. The normalized spacial score (nSPS) is 26.5. The molecule has 0 amide bonds. The number of nitrogens with zero attached hydrogens (tertiary/aromatic N) is 3. The van der Waals surface area contributed by atoms with Crippen LogP contribution in [0.5, 0.6) is 11.6 Å². The van der Waals surface area contributed by atoms with Crippen molar-refractivity contribution < 1.29 is 4.74 Å². The van der Waals surface area contributed by atoms with Crippen LogP contribution in [0.3, 0.4) is 0 Å². The van der Waals surface area contributed by atoms with Crippen LogP contribution in [0.2, 0.25) is 5.02 Å². The second-order valence-electron chi connectivity index (χ2n) is 6.50. The average molecular weight is 362 g/mol. The van der Waals surface area contributed by atoms with E-state index < -0.39 is 0 Å². The van der Waals surface area contributed by atoms with Gasteiger partial charge in [-0.25, -0.2) is 4.98 Å². The van der Waals surface area contributed by atoms with Crippen molar-refractivity contribution in [2.24, 2.45) is 0 Å². The van der Waals surface area contributed by atoms with Gasteiger partial charge in [0, 0.05) is 40.7 Å². The Morgan fingerprint density at radius 2 is 2.00 bits per heavy atom. The van der Waals surface area contributed by atoms with Gasteiger partial charge in [0.2, 0.25) is 5.88 Å². The van der Waals surface area contributed by atoms with Crippen molar-refractivity contribution in [2.75, 3.05) is 7.05 Å². The fourth-order valence-corrected chi connectivity index (χ4v) is 5.35. The van der Waals surface area contributed by atoms with Crippen LogP contribution in [0, 0.1) is 0 Å². The van der Waals surface area contributed by atoms with Gasteiger partial charge in [0.15, 0.2) is 0 Å². The SMILES string of the molecule is CN1[C@@H]2CC[C@H]1CC(Sc1ccc(Oc3cnccn3)cc1Cl)C2.